The smallest absolute Gasteiger partial charge is 0.0779 e. The zero-order chi connectivity index (χ0) is 7.98. The lowest BCUT2D eigenvalue weighted by Gasteiger charge is -2.11. The molecule has 0 aliphatic rings. The van der Waals surface area contributed by atoms with Crippen molar-refractivity contribution in [1.29, 1.82) is 0 Å². The van der Waals surface area contributed by atoms with Crippen molar-refractivity contribution >= 4 is 8.80 Å². The second-order valence-electron chi connectivity index (χ2n) is 2.81. The van der Waals surface area contributed by atoms with Crippen molar-refractivity contribution in [2.45, 2.75) is 38.1 Å². The fourth-order valence-corrected chi connectivity index (χ4v) is 1.53. The lowest BCUT2D eigenvalue weighted by Crippen LogP contribution is -2.23. The normalized spacial score (nSPS) is 13.6. The SMILES string of the molecule is C=CCCCC(O)[Si](C)C. The molecule has 0 saturated carbocycles. The van der Waals surface area contributed by atoms with Gasteiger partial charge in [0.2, 0.25) is 0 Å². The summed E-state index contributed by atoms with van der Waals surface area (Å²) in [4.78, 5) is 0. The van der Waals surface area contributed by atoms with E-state index in [1.165, 1.54) is 0 Å². The highest BCUT2D eigenvalue weighted by atomic mass is 28.3. The van der Waals surface area contributed by atoms with Crippen LogP contribution >= 0.6 is 0 Å². The first-order valence-corrected chi connectivity index (χ1v) is 6.35. The first-order chi connectivity index (χ1) is 4.68. The van der Waals surface area contributed by atoms with Crippen LogP contribution in [0.1, 0.15) is 19.3 Å². The molecule has 1 atom stereocenters. The van der Waals surface area contributed by atoms with Crippen molar-refractivity contribution in [3.8, 4) is 0 Å². The number of aliphatic hydroxyl groups is 1. The molecule has 1 unspecified atom stereocenters. The molecule has 0 fully saturated rings. The van der Waals surface area contributed by atoms with E-state index in [0.29, 0.717) is 0 Å². The molecule has 1 radical (unpaired) electrons. The van der Waals surface area contributed by atoms with Gasteiger partial charge in [-0.25, -0.2) is 0 Å². The minimum absolute atomic E-state index is 0.0232. The maximum absolute atomic E-state index is 9.36. The third-order valence-corrected chi connectivity index (χ3v) is 3.17. The highest BCUT2D eigenvalue weighted by Crippen LogP contribution is 2.03. The minimum Gasteiger partial charge on any atom is -0.397 e. The lowest BCUT2D eigenvalue weighted by atomic mass is 10.2. The van der Waals surface area contributed by atoms with Gasteiger partial charge in [0, 0.05) is 5.73 Å². The molecule has 1 nitrogen and oxygen atoms in total. The summed E-state index contributed by atoms with van der Waals surface area (Å²) >= 11 is 0. The van der Waals surface area contributed by atoms with Crippen molar-refractivity contribution in [1.82, 2.24) is 0 Å². The van der Waals surface area contributed by atoms with Gasteiger partial charge in [0.15, 0.2) is 0 Å². The van der Waals surface area contributed by atoms with E-state index in [-0.39, 0.29) is 5.73 Å². The highest BCUT2D eigenvalue weighted by molar-refractivity contribution is 6.57. The zero-order valence-electron chi connectivity index (χ0n) is 6.93. The number of rotatable bonds is 5. The van der Waals surface area contributed by atoms with Gasteiger partial charge in [-0.3, -0.25) is 0 Å². The van der Waals surface area contributed by atoms with E-state index in [0.717, 1.165) is 19.3 Å². The van der Waals surface area contributed by atoms with Gasteiger partial charge in [-0.05, 0) is 19.3 Å². The van der Waals surface area contributed by atoms with Crippen LogP contribution in [0.3, 0.4) is 0 Å². The summed E-state index contributed by atoms with van der Waals surface area (Å²) in [6.45, 7) is 7.91. The van der Waals surface area contributed by atoms with Gasteiger partial charge in [-0.15, -0.1) is 6.58 Å². The predicted octanol–water partition coefficient (Wildman–Crippen LogP) is 2.00. The van der Waals surface area contributed by atoms with Crippen LogP contribution < -0.4 is 0 Å². The monoisotopic (exact) mass is 157 g/mol. The van der Waals surface area contributed by atoms with Crippen LogP contribution in [0.15, 0.2) is 12.7 Å². The molecule has 0 bridgehead atoms. The second kappa shape index (κ2) is 5.68. The fraction of sp³-hybridized carbons (Fsp3) is 0.750. The Morgan fingerprint density at radius 3 is 2.60 bits per heavy atom. The number of allylic oxidation sites excluding steroid dienone is 1. The van der Waals surface area contributed by atoms with Crippen LogP contribution in [0, 0.1) is 0 Å². The molecule has 0 spiro atoms. The maximum Gasteiger partial charge on any atom is 0.0779 e. The van der Waals surface area contributed by atoms with Gasteiger partial charge >= 0.3 is 0 Å². The van der Waals surface area contributed by atoms with Gasteiger partial charge in [-0.2, -0.15) is 0 Å². The summed E-state index contributed by atoms with van der Waals surface area (Å²) in [5, 5.41) is 9.36. The Bertz CT molecular complexity index is 91.3. The van der Waals surface area contributed by atoms with Gasteiger partial charge < -0.3 is 5.11 Å². The molecule has 0 heterocycles. The number of hydrogen-bond donors (Lipinski definition) is 1. The first kappa shape index (κ1) is 9.92. The van der Waals surface area contributed by atoms with E-state index in [9.17, 15) is 5.11 Å². The van der Waals surface area contributed by atoms with Crippen molar-refractivity contribution in [3.05, 3.63) is 12.7 Å². The van der Waals surface area contributed by atoms with Crippen LogP contribution in [0.5, 0.6) is 0 Å². The number of unbranched alkanes of at least 4 members (excludes halogenated alkanes) is 1. The van der Waals surface area contributed by atoms with Crippen molar-refractivity contribution < 1.29 is 5.11 Å². The summed E-state index contributed by atoms with van der Waals surface area (Å²) in [7, 11) is -0.472. The quantitative estimate of drug-likeness (QED) is 0.368. The van der Waals surface area contributed by atoms with E-state index in [1.54, 1.807) is 0 Å². The van der Waals surface area contributed by atoms with E-state index in [4.69, 9.17) is 0 Å². The molecular formula is C8H17OSi. The average Bonchev–Trinajstić information content (AvgIpc) is 1.88. The molecule has 0 aliphatic carbocycles. The Labute approximate surface area is 65.4 Å². The Kier molecular flexibility index (Phi) is 5.64. The first-order valence-electron chi connectivity index (χ1n) is 3.77. The van der Waals surface area contributed by atoms with Crippen LogP contribution in [0.4, 0.5) is 0 Å². The standard InChI is InChI=1S/C8H17OSi/c1-4-5-6-7-8(9)10(2)3/h4,8-9H,1,5-7H2,2-3H3. The van der Waals surface area contributed by atoms with Gasteiger partial charge in [0.05, 0.1) is 8.80 Å². The van der Waals surface area contributed by atoms with Crippen molar-refractivity contribution in [2.75, 3.05) is 0 Å². The van der Waals surface area contributed by atoms with Crippen molar-refractivity contribution in [3.63, 3.8) is 0 Å². The Morgan fingerprint density at radius 1 is 1.60 bits per heavy atom. The largest absolute Gasteiger partial charge is 0.397 e. The molecule has 0 saturated heterocycles. The summed E-state index contributed by atoms with van der Waals surface area (Å²) in [5.41, 5.74) is -0.0232. The topological polar surface area (TPSA) is 20.2 Å². The average molecular weight is 157 g/mol. The van der Waals surface area contributed by atoms with Gasteiger partial charge in [0.1, 0.15) is 0 Å². The number of aliphatic hydroxyl groups excluding tert-OH is 1. The summed E-state index contributed by atoms with van der Waals surface area (Å²) < 4.78 is 0. The van der Waals surface area contributed by atoms with E-state index >= 15 is 0 Å². The molecule has 0 rings (SSSR count). The third kappa shape index (κ3) is 4.76. The van der Waals surface area contributed by atoms with Crippen LogP contribution in [0.25, 0.3) is 0 Å². The number of hydrogen-bond acceptors (Lipinski definition) is 1. The molecule has 10 heavy (non-hydrogen) atoms. The Balaban J connectivity index is 3.21. The zero-order valence-corrected chi connectivity index (χ0v) is 7.93. The van der Waals surface area contributed by atoms with E-state index < -0.39 is 8.80 Å². The molecule has 0 aromatic heterocycles. The molecule has 59 valence electrons. The molecular weight excluding hydrogens is 140 g/mol. The molecule has 0 aromatic carbocycles. The summed E-state index contributed by atoms with van der Waals surface area (Å²) in [6.07, 6.45) is 4.98. The molecule has 2 heteroatoms. The van der Waals surface area contributed by atoms with Crippen molar-refractivity contribution in [2.24, 2.45) is 0 Å². The molecule has 0 aromatic rings. The Hall–Kier alpha value is -0.0831. The Morgan fingerprint density at radius 2 is 2.20 bits per heavy atom. The van der Waals surface area contributed by atoms with Gasteiger partial charge in [0.25, 0.3) is 0 Å². The highest BCUT2D eigenvalue weighted by Gasteiger charge is 2.08. The lowest BCUT2D eigenvalue weighted by molar-refractivity contribution is 0.235. The molecule has 0 amide bonds. The molecule has 0 aliphatic heterocycles. The summed E-state index contributed by atoms with van der Waals surface area (Å²) in [5.74, 6) is 0. The second-order valence-corrected chi connectivity index (χ2v) is 5.63. The van der Waals surface area contributed by atoms with Crippen LogP contribution in [0.2, 0.25) is 13.1 Å². The maximum atomic E-state index is 9.36. The van der Waals surface area contributed by atoms with Crippen LogP contribution in [-0.4, -0.2) is 19.6 Å². The van der Waals surface area contributed by atoms with E-state index in [1.807, 2.05) is 6.08 Å². The summed E-state index contributed by atoms with van der Waals surface area (Å²) in [6, 6.07) is 0. The minimum atomic E-state index is -0.472. The van der Waals surface area contributed by atoms with E-state index in [2.05, 4.69) is 19.7 Å². The van der Waals surface area contributed by atoms with Crippen LogP contribution in [-0.2, 0) is 0 Å². The molecule has 1 N–H and O–H groups in total. The van der Waals surface area contributed by atoms with Gasteiger partial charge in [-0.1, -0.05) is 19.2 Å². The third-order valence-electron chi connectivity index (χ3n) is 1.55. The predicted molar refractivity (Wildman–Crippen MR) is 47.5 cm³/mol. The fourth-order valence-electron chi connectivity index (χ4n) is 0.744.